The Balaban J connectivity index is 1.50. The van der Waals surface area contributed by atoms with E-state index >= 15 is 0 Å². The molecule has 1 aromatic heterocycles. The van der Waals surface area contributed by atoms with Crippen LogP contribution in [-0.2, 0) is 25.0 Å². The molecule has 0 bridgehead atoms. The number of carbonyl (C=O) groups excluding carboxylic acids is 1. The fraction of sp³-hybridized carbons (Fsp3) is 0.211. The van der Waals surface area contributed by atoms with Crippen LogP contribution in [0.15, 0.2) is 53.7 Å². The van der Waals surface area contributed by atoms with Gasteiger partial charge >= 0.3 is 0 Å². The summed E-state index contributed by atoms with van der Waals surface area (Å²) in [4.78, 5) is 12.0. The van der Waals surface area contributed by atoms with Crippen molar-refractivity contribution in [3.8, 4) is 5.75 Å². The third kappa shape index (κ3) is 5.64. The molecule has 9 heteroatoms. The molecule has 0 fully saturated rings. The molecule has 0 aliphatic rings. The molecule has 3 rings (SSSR count). The van der Waals surface area contributed by atoms with Crippen LogP contribution in [0.3, 0.4) is 0 Å². The largest absolute Gasteiger partial charge is 0.484 e. The summed E-state index contributed by atoms with van der Waals surface area (Å²) in [5.74, 6) is 1.27. The number of ether oxygens (including phenoxy) is 1. The van der Waals surface area contributed by atoms with Crippen LogP contribution in [0.1, 0.15) is 11.4 Å². The first-order valence-electron chi connectivity index (χ1n) is 8.42. The van der Waals surface area contributed by atoms with Crippen molar-refractivity contribution >= 4 is 40.9 Å². The Kier molecular flexibility index (Phi) is 7.19. The highest BCUT2D eigenvalue weighted by Gasteiger charge is 2.13. The molecule has 2 aromatic carbocycles. The number of nitrogens with one attached hydrogen (secondary N) is 1. The van der Waals surface area contributed by atoms with Crippen molar-refractivity contribution in [3.63, 3.8) is 0 Å². The molecule has 0 radical (unpaired) electrons. The van der Waals surface area contributed by atoms with Gasteiger partial charge in [0.2, 0.25) is 5.91 Å². The first kappa shape index (κ1) is 20.5. The molecule has 0 saturated carbocycles. The number of nitrogens with zero attached hydrogens (tertiary/aromatic N) is 3. The van der Waals surface area contributed by atoms with E-state index in [-0.39, 0.29) is 18.3 Å². The average Bonchev–Trinajstić information content (AvgIpc) is 3.06. The van der Waals surface area contributed by atoms with Crippen molar-refractivity contribution in [1.29, 1.82) is 0 Å². The van der Waals surface area contributed by atoms with Crippen LogP contribution >= 0.6 is 35.0 Å². The van der Waals surface area contributed by atoms with Gasteiger partial charge in [-0.3, -0.25) is 4.79 Å². The molecule has 0 aliphatic heterocycles. The second-order valence-corrected chi connectivity index (χ2v) is 7.66. The van der Waals surface area contributed by atoms with Gasteiger partial charge < -0.3 is 14.6 Å². The van der Waals surface area contributed by atoms with Crippen LogP contribution < -0.4 is 10.1 Å². The van der Waals surface area contributed by atoms with Crippen molar-refractivity contribution in [3.05, 3.63) is 70.0 Å². The highest BCUT2D eigenvalue weighted by Crippen LogP contribution is 2.28. The lowest BCUT2D eigenvalue weighted by Crippen LogP contribution is -2.24. The molecule has 3 aromatic rings. The lowest BCUT2D eigenvalue weighted by molar-refractivity contribution is -0.118. The first-order valence-corrected chi connectivity index (χ1v) is 10.2. The van der Waals surface area contributed by atoms with Crippen LogP contribution in [0.4, 0.5) is 0 Å². The molecule has 0 saturated heterocycles. The van der Waals surface area contributed by atoms with E-state index in [0.717, 1.165) is 5.56 Å². The van der Waals surface area contributed by atoms with Gasteiger partial charge in [0.15, 0.2) is 11.0 Å². The minimum atomic E-state index is -0.0691. The molecule has 1 amide bonds. The second kappa shape index (κ2) is 9.82. The number of hydrogen-bond donors (Lipinski definition) is 1. The molecule has 0 aliphatic carbocycles. The summed E-state index contributed by atoms with van der Waals surface area (Å²) in [6.45, 7) is 0.683. The Morgan fingerprint density at radius 3 is 2.75 bits per heavy atom. The van der Waals surface area contributed by atoms with E-state index in [1.807, 2.05) is 37.4 Å². The van der Waals surface area contributed by atoms with Gasteiger partial charge in [-0.2, -0.15) is 0 Å². The topological polar surface area (TPSA) is 69.0 Å². The monoisotopic (exact) mass is 436 g/mol. The predicted octanol–water partition coefficient (Wildman–Crippen LogP) is 4.11. The zero-order valence-electron chi connectivity index (χ0n) is 15.1. The maximum Gasteiger partial charge on any atom is 0.230 e. The zero-order chi connectivity index (χ0) is 19.9. The fourth-order valence-corrected chi connectivity index (χ4v) is 3.40. The van der Waals surface area contributed by atoms with Gasteiger partial charge in [-0.15, -0.1) is 10.2 Å². The molecule has 1 N–H and O–H groups in total. The summed E-state index contributed by atoms with van der Waals surface area (Å²) in [5.41, 5.74) is 1.05. The van der Waals surface area contributed by atoms with E-state index in [1.54, 1.807) is 22.8 Å². The summed E-state index contributed by atoms with van der Waals surface area (Å²) in [6.07, 6.45) is 0. The first-order chi connectivity index (χ1) is 13.5. The summed E-state index contributed by atoms with van der Waals surface area (Å²) >= 11 is 13.4. The summed E-state index contributed by atoms with van der Waals surface area (Å²) in [6, 6.07) is 14.8. The molecule has 28 heavy (non-hydrogen) atoms. The smallest absolute Gasteiger partial charge is 0.230 e. The number of hydrogen-bond acceptors (Lipinski definition) is 5. The van der Waals surface area contributed by atoms with Gasteiger partial charge in [-0.05, 0) is 17.7 Å². The van der Waals surface area contributed by atoms with E-state index < -0.39 is 0 Å². The highest BCUT2D eigenvalue weighted by molar-refractivity contribution is 7.99. The third-order valence-electron chi connectivity index (χ3n) is 3.84. The molecule has 0 spiro atoms. The number of carbonyl (C=O) groups is 1. The van der Waals surface area contributed by atoms with Gasteiger partial charge in [-0.1, -0.05) is 65.3 Å². The Morgan fingerprint density at radius 1 is 1.18 bits per heavy atom. The Labute approximate surface area is 177 Å². The molecule has 146 valence electrons. The van der Waals surface area contributed by atoms with Crippen molar-refractivity contribution in [1.82, 2.24) is 20.1 Å². The SMILES string of the molecule is Cn1c(COc2cc(Cl)ccc2Cl)nnc1SCC(=O)NCc1ccccc1. The van der Waals surface area contributed by atoms with Crippen molar-refractivity contribution in [2.75, 3.05) is 5.75 Å². The summed E-state index contributed by atoms with van der Waals surface area (Å²) in [7, 11) is 1.82. The van der Waals surface area contributed by atoms with Gasteiger partial charge in [-0.25, -0.2) is 0 Å². The molecule has 6 nitrogen and oxygen atoms in total. The molecule has 1 heterocycles. The van der Waals surface area contributed by atoms with Crippen molar-refractivity contribution in [2.24, 2.45) is 7.05 Å². The van der Waals surface area contributed by atoms with Crippen LogP contribution in [0.5, 0.6) is 5.75 Å². The van der Waals surface area contributed by atoms with Gasteiger partial charge in [0, 0.05) is 24.7 Å². The second-order valence-electron chi connectivity index (χ2n) is 5.87. The molecular weight excluding hydrogens is 419 g/mol. The van der Waals surface area contributed by atoms with Gasteiger partial charge in [0.25, 0.3) is 0 Å². The maximum atomic E-state index is 12.0. The minimum absolute atomic E-state index is 0.0691. The van der Waals surface area contributed by atoms with E-state index in [4.69, 9.17) is 27.9 Å². The standard InChI is InChI=1S/C19H18Cl2N4O2S/c1-25-17(11-27-16-9-14(20)7-8-15(16)21)23-24-19(25)28-12-18(26)22-10-13-5-3-2-4-6-13/h2-9H,10-12H2,1H3,(H,22,26). The quantitative estimate of drug-likeness (QED) is 0.538. The van der Waals surface area contributed by atoms with Crippen molar-refractivity contribution in [2.45, 2.75) is 18.3 Å². The van der Waals surface area contributed by atoms with Crippen LogP contribution in [-0.4, -0.2) is 26.4 Å². The molecular formula is C19H18Cl2N4O2S. The number of amides is 1. The summed E-state index contributed by atoms with van der Waals surface area (Å²) < 4.78 is 7.47. The Morgan fingerprint density at radius 2 is 1.96 bits per heavy atom. The minimum Gasteiger partial charge on any atom is -0.484 e. The number of aromatic nitrogens is 3. The molecule has 0 atom stereocenters. The summed E-state index contributed by atoms with van der Waals surface area (Å²) in [5, 5.41) is 12.7. The number of rotatable bonds is 8. The third-order valence-corrected chi connectivity index (χ3v) is 5.41. The fourth-order valence-electron chi connectivity index (χ4n) is 2.30. The van der Waals surface area contributed by atoms with Crippen molar-refractivity contribution < 1.29 is 9.53 Å². The van der Waals surface area contributed by atoms with E-state index in [2.05, 4.69) is 15.5 Å². The van der Waals surface area contributed by atoms with E-state index in [0.29, 0.717) is 33.3 Å². The van der Waals surface area contributed by atoms with E-state index in [1.165, 1.54) is 11.8 Å². The van der Waals surface area contributed by atoms with Crippen LogP contribution in [0.2, 0.25) is 10.0 Å². The average molecular weight is 437 g/mol. The zero-order valence-corrected chi connectivity index (χ0v) is 17.4. The maximum absolute atomic E-state index is 12.0. The highest BCUT2D eigenvalue weighted by atomic mass is 35.5. The lowest BCUT2D eigenvalue weighted by Gasteiger charge is -2.08. The van der Waals surface area contributed by atoms with E-state index in [9.17, 15) is 4.79 Å². The lowest BCUT2D eigenvalue weighted by atomic mass is 10.2. The van der Waals surface area contributed by atoms with Crippen LogP contribution in [0, 0.1) is 0 Å². The number of thioether (sulfide) groups is 1. The number of halogens is 2. The van der Waals surface area contributed by atoms with Gasteiger partial charge in [0.05, 0.1) is 10.8 Å². The normalized spacial score (nSPS) is 10.7. The van der Waals surface area contributed by atoms with Gasteiger partial charge in [0.1, 0.15) is 12.4 Å². The Hall–Kier alpha value is -2.22. The molecule has 0 unspecified atom stereocenters. The Bertz CT molecular complexity index is 950. The van der Waals surface area contributed by atoms with Crippen LogP contribution in [0.25, 0.3) is 0 Å². The number of benzene rings is 2. The predicted molar refractivity (Wildman–Crippen MR) is 111 cm³/mol.